The molecule has 16 heavy (non-hydrogen) atoms. The highest BCUT2D eigenvalue weighted by Crippen LogP contribution is 2.24. The quantitative estimate of drug-likeness (QED) is 0.858. The van der Waals surface area contributed by atoms with Crippen molar-refractivity contribution in [2.45, 2.75) is 52.3 Å². The fraction of sp³-hybridized carbons (Fsp3) is 0.750. The van der Waals surface area contributed by atoms with Crippen molar-refractivity contribution < 1.29 is 4.74 Å². The van der Waals surface area contributed by atoms with Gasteiger partial charge in [-0.15, -0.1) is 11.3 Å². The molecule has 2 rings (SSSR count). The average Bonchev–Trinajstić information content (AvgIpc) is 2.49. The highest BCUT2D eigenvalue weighted by Gasteiger charge is 2.29. The summed E-state index contributed by atoms with van der Waals surface area (Å²) in [5.74, 6) is 0. The predicted octanol–water partition coefficient (Wildman–Crippen LogP) is 2.42. The zero-order chi connectivity index (χ0) is 11.5. The number of rotatable bonds is 5. The van der Waals surface area contributed by atoms with Gasteiger partial charge in [0.25, 0.3) is 0 Å². The Bertz CT molecular complexity index is 345. The summed E-state index contributed by atoms with van der Waals surface area (Å²) in [6.07, 6.45) is 2.81. The van der Waals surface area contributed by atoms with Gasteiger partial charge in [-0.1, -0.05) is 0 Å². The van der Waals surface area contributed by atoms with Crippen molar-refractivity contribution in [3.05, 3.63) is 15.6 Å². The van der Waals surface area contributed by atoms with Gasteiger partial charge in [0.15, 0.2) is 0 Å². The van der Waals surface area contributed by atoms with E-state index in [2.05, 4.69) is 31.1 Å². The first-order chi connectivity index (χ1) is 7.69. The van der Waals surface area contributed by atoms with Crippen molar-refractivity contribution in [1.29, 1.82) is 0 Å². The molecule has 1 aromatic rings. The van der Waals surface area contributed by atoms with E-state index < -0.39 is 0 Å². The summed E-state index contributed by atoms with van der Waals surface area (Å²) in [5.41, 5.74) is 1.18. The van der Waals surface area contributed by atoms with Gasteiger partial charge in [-0.25, -0.2) is 4.98 Å². The Morgan fingerprint density at radius 1 is 1.44 bits per heavy atom. The lowest BCUT2D eigenvalue weighted by molar-refractivity contribution is -0.0101. The van der Waals surface area contributed by atoms with E-state index in [1.54, 1.807) is 11.3 Å². The Kier molecular flexibility index (Phi) is 3.95. The third-order valence-electron chi connectivity index (χ3n) is 3.05. The summed E-state index contributed by atoms with van der Waals surface area (Å²) < 4.78 is 5.54. The van der Waals surface area contributed by atoms with Gasteiger partial charge < -0.3 is 10.1 Å². The molecular formula is C12H20N2OS. The molecule has 0 spiro atoms. The van der Waals surface area contributed by atoms with E-state index in [-0.39, 0.29) is 0 Å². The van der Waals surface area contributed by atoms with Gasteiger partial charge in [-0.2, -0.15) is 0 Å². The van der Waals surface area contributed by atoms with Crippen LogP contribution in [-0.4, -0.2) is 23.7 Å². The first kappa shape index (κ1) is 12.0. The van der Waals surface area contributed by atoms with E-state index in [0.717, 1.165) is 31.0 Å². The van der Waals surface area contributed by atoms with Crippen LogP contribution in [0, 0.1) is 13.8 Å². The third kappa shape index (κ3) is 2.81. The minimum absolute atomic E-state index is 0.492. The monoisotopic (exact) mass is 240 g/mol. The largest absolute Gasteiger partial charge is 0.378 e. The van der Waals surface area contributed by atoms with Gasteiger partial charge in [0.05, 0.1) is 16.8 Å². The number of hydrogen-bond donors (Lipinski definition) is 1. The van der Waals surface area contributed by atoms with Crippen LogP contribution in [0.5, 0.6) is 0 Å². The molecule has 1 saturated carbocycles. The number of aryl methyl sites for hydroxylation is 2. The Morgan fingerprint density at radius 3 is 2.75 bits per heavy atom. The van der Waals surface area contributed by atoms with Crippen molar-refractivity contribution in [2.75, 3.05) is 6.61 Å². The SMILES string of the molecule is CCOC1CC(NCc2sc(C)nc2C)C1. The summed E-state index contributed by atoms with van der Waals surface area (Å²) >= 11 is 1.80. The molecule has 0 saturated heterocycles. The van der Waals surface area contributed by atoms with Crippen molar-refractivity contribution in [3.63, 3.8) is 0 Å². The van der Waals surface area contributed by atoms with Crippen molar-refractivity contribution in [2.24, 2.45) is 0 Å². The summed E-state index contributed by atoms with van der Waals surface area (Å²) in [5, 5.41) is 4.73. The summed E-state index contributed by atoms with van der Waals surface area (Å²) in [6, 6.07) is 0.637. The lowest BCUT2D eigenvalue weighted by Crippen LogP contribution is -2.45. The van der Waals surface area contributed by atoms with Gasteiger partial charge in [0.2, 0.25) is 0 Å². The van der Waals surface area contributed by atoms with E-state index in [4.69, 9.17) is 4.74 Å². The second kappa shape index (κ2) is 5.25. The van der Waals surface area contributed by atoms with Crippen molar-refractivity contribution in [1.82, 2.24) is 10.3 Å². The van der Waals surface area contributed by atoms with Crippen LogP contribution in [0.25, 0.3) is 0 Å². The van der Waals surface area contributed by atoms with Gasteiger partial charge in [-0.05, 0) is 33.6 Å². The zero-order valence-corrected chi connectivity index (χ0v) is 11.1. The molecule has 0 aliphatic heterocycles. The normalized spacial score (nSPS) is 24.4. The smallest absolute Gasteiger partial charge is 0.0900 e. The van der Waals surface area contributed by atoms with Crippen molar-refractivity contribution >= 4 is 11.3 Å². The minimum Gasteiger partial charge on any atom is -0.378 e. The summed E-state index contributed by atoms with van der Waals surface area (Å²) in [6.45, 7) is 8.01. The minimum atomic E-state index is 0.492. The molecule has 0 atom stereocenters. The Labute approximate surface area is 101 Å². The lowest BCUT2D eigenvalue weighted by Gasteiger charge is -2.35. The second-order valence-corrected chi connectivity index (χ2v) is 5.66. The average molecular weight is 240 g/mol. The fourth-order valence-corrected chi connectivity index (χ4v) is 2.97. The van der Waals surface area contributed by atoms with Crippen LogP contribution in [0.1, 0.15) is 35.3 Å². The first-order valence-electron chi connectivity index (χ1n) is 5.97. The van der Waals surface area contributed by atoms with E-state index in [0.29, 0.717) is 12.1 Å². The predicted molar refractivity (Wildman–Crippen MR) is 66.9 cm³/mol. The topological polar surface area (TPSA) is 34.1 Å². The molecule has 4 heteroatoms. The Morgan fingerprint density at radius 2 is 2.19 bits per heavy atom. The van der Waals surface area contributed by atoms with Crippen LogP contribution < -0.4 is 5.32 Å². The molecule has 1 aliphatic carbocycles. The molecule has 1 fully saturated rings. The highest BCUT2D eigenvalue weighted by atomic mass is 32.1. The highest BCUT2D eigenvalue weighted by molar-refractivity contribution is 7.11. The molecule has 1 N–H and O–H groups in total. The zero-order valence-electron chi connectivity index (χ0n) is 10.2. The van der Waals surface area contributed by atoms with Gasteiger partial charge in [0, 0.05) is 24.1 Å². The Balaban J connectivity index is 1.71. The van der Waals surface area contributed by atoms with Crippen LogP contribution in [0.2, 0.25) is 0 Å². The van der Waals surface area contributed by atoms with Crippen molar-refractivity contribution in [3.8, 4) is 0 Å². The molecule has 0 radical (unpaired) electrons. The molecule has 1 aromatic heterocycles. The molecule has 90 valence electrons. The second-order valence-electron chi connectivity index (χ2n) is 4.37. The first-order valence-corrected chi connectivity index (χ1v) is 6.78. The standard InChI is InChI=1S/C12H20N2OS/c1-4-15-11-5-10(6-11)13-7-12-8(2)14-9(3)16-12/h10-11,13H,4-7H2,1-3H3. The third-order valence-corrected chi connectivity index (χ3v) is 4.12. The Hall–Kier alpha value is -0.450. The lowest BCUT2D eigenvalue weighted by atomic mass is 9.89. The van der Waals surface area contributed by atoms with E-state index >= 15 is 0 Å². The number of nitrogens with one attached hydrogen (secondary N) is 1. The molecule has 0 aromatic carbocycles. The molecular weight excluding hydrogens is 220 g/mol. The summed E-state index contributed by atoms with van der Waals surface area (Å²) in [4.78, 5) is 5.80. The van der Waals surface area contributed by atoms with Crippen LogP contribution in [-0.2, 0) is 11.3 Å². The molecule has 0 unspecified atom stereocenters. The fourth-order valence-electron chi connectivity index (χ4n) is 2.08. The molecule has 0 amide bonds. The van der Waals surface area contributed by atoms with Crippen LogP contribution in [0.4, 0.5) is 0 Å². The van der Waals surface area contributed by atoms with Crippen LogP contribution in [0.15, 0.2) is 0 Å². The maximum Gasteiger partial charge on any atom is 0.0900 e. The van der Waals surface area contributed by atoms with E-state index in [1.165, 1.54) is 10.6 Å². The molecule has 1 aliphatic rings. The van der Waals surface area contributed by atoms with Gasteiger partial charge in [0.1, 0.15) is 0 Å². The molecule has 1 heterocycles. The maximum absolute atomic E-state index is 5.54. The summed E-state index contributed by atoms with van der Waals surface area (Å²) in [7, 11) is 0. The van der Waals surface area contributed by atoms with Crippen LogP contribution in [0.3, 0.4) is 0 Å². The van der Waals surface area contributed by atoms with Crippen LogP contribution >= 0.6 is 11.3 Å². The maximum atomic E-state index is 5.54. The van der Waals surface area contributed by atoms with E-state index in [9.17, 15) is 0 Å². The number of hydrogen-bond acceptors (Lipinski definition) is 4. The molecule has 0 bridgehead atoms. The number of ether oxygens (including phenoxy) is 1. The van der Waals surface area contributed by atoms with Gasteiger partial charge >= 0.3 is 0 Å². The molecule has 3 nitrogen and oxygen atoms in total. The number of nitrogens with zero attached hydrogens (tertiary/aromatic N) is 1. The number of thiazole rings is 1. The number of aromatic nitrogens is 1. The van der Waals surface area contributed by atoms with E-state index in [1.807, 2.05) is 0 Å². The van der Waals surface area contributed by atoms with Gasteiger partial charge in [-0.3, -0.25) is 0 Å².